The van der Waals surface area contributed by atoms with Crippen LogP contribution in [0.2, 0.25) is 0 Å². The Balaban J connectivity index is 2.21. The van der Waals surface area contributed by atoms with Gasteiger partial charge in [-0.05, 0) is 24.6 Å². The maximum Gasteiger partial charge on any atom is 0.0762 e. The second-order valence-corrected chi connectivity index (χ2v) is 4.23. The van der Waals surface area contributed by atoms with Crippen molar-refractivity contribution in [1.82, 2.24) is 5.32 Å². The highest BCUT2D eigenvalue weighted by atomic mass is 16.3. The molecule has 1 fully saturated rings. The van der Waals surface area contributed by atoms with Crippen LogP contribution in [0.5, 0.6) is 0 Å². The highest BCUT2D eigenvalue weighted by molar-refractivity contribution is 5.68. The van der Waals surface area contributed by atoms with E-state index in [9.17, 15) is 5.11 Å². The van der Waals surface area contributed by atoms with E-state index >= 15 is 0 Å². The average Bonchev–Trinajstić information content (AvgIpc) is 2.30. The molecule has 0 radical (unpaired) electrons. The highest BCUT2D eigenvalue weighted by Gasteiger charge is 2.13. The van der Waals surface area contributed by atoms with Crippen molar-refractivity contribution in [3.05, 3.63) is 23.8 Å². The molecule has 1 heterocycles. The van der Waals surface area contributed by atoms with E-state index in [2.05, 4.69) is 10.2 Å². The summed E-state index contributed by atoms with van der Waals surface area (Å²) in [7, 11) is 0. The molecule has 88 valence electrons. The number of hydrogen-bond donors (Lipinski definition) is 3. The Kier molecular flexibility index (Phi) is 3.31. The molecule has 4 N–H and O–H groups in total. The summed E-state index contributed by atoms with van der Waals surface area (Å²) < 4.78 is 0. The lowest BCUT2D eigenvalue weighted by atomic mass is 10.1. The third-order valence-corrected chi connectivity index (χ3v) is 2.99. The van der Waals surface area contributed by atoms with Gasteiger partial charge in [0.25, 0.3) is 0 Å². The Morgan fingerprint density at radius 3 is 2.62 bits per heavy atom. The SMILES string of the molecule is C[C@H](O)c1ccc(N2CCNCC2)c(N)c1. The van der Waals surface area contributed by atoms with Crippen molar-refractivity contribution in [1.29, 1.82) is 0 Å². The maximum absolute atomic E-state index is 9.47. The number of piperazine rings is 1. The third-order valence-electron chi connectivity index (χ3n) is 2.99. The van der Waals surface area contributed by atoms with E-state index in [0.29, 0.717) is 0 Å². The molecule has 0 aromatic heterocycles. The lowest BCUT2D eigenvalue weighted by Gasteiger charge is -2.30. The highest BCUT2D eigenvalue weighted by Crippen LogP contribution is 2.26. The van der Waals surface area contributed by atoms with Gasteiger partial charge in [-0.2, -0.15) is 0 Å². The normalized spacial score (nSPS) is 18.5. The largest absolute Gasteiger partial charge is 0.397 e. The van der Waals surface area contributed by atoms with Crippen molar-refractivity contribution in [3.63, 3.8) is 0 Å². The molecule has 0 aliphatic carbocycles. The summed E-state index contributed by atoms with van der Waals surface area (Å²) in [5.74, 6) is 0. The molecule has 1 aliphatic rings. The molecule has 4 heteroatoms. The van der Waals surface area contributed by atoms with Crippen molar-refractivity contribution in [2.24, 2.45) is 0 Å². The van der Waals surface area contributed by atoms with Gasteiger partial charge < -0.3 is 21.1 Å². The van der Waals surface area contributed by atoms with Crippen molar-refractivity contribution in [2.75, 3.05) is 36.8 Å². The van der Waals surface area contributed by atoms with E-state index in [1.165, 1.54) is 0 Å². The monoisotopic (exact) mass is 221 g/mol. The van der Waals surface area contributed by atoms with Gasteiger partial charge in [-0.15, -0.1) is 0 Å². The fraction of sp³-hybridized carbons (Fsp3) is 0.500. The Morgan fingerprint density at radius 1 is 1.38 bits per heavy atom. The summed E-state index contributed by atoms with van der Waals surface area (Å²) in [6, 6.07) is 5.81. The second-order valence-electron chi connectivity index (χ2n) is 4.23. The maximum atomic E-state index is 9.47. The summed E-state index contributed by atoms with van der Waals surface area (Å²) in [5.41, 5.74) is 8.71. The molecule has 1 aromatic carbocycles. The number of nitrogens with two attached hydrogens (primary N) is 1. The van der Waals surface area contributed by atoms with Crippen LogP contribution in [0.4, 0.5) is 11.4 Å². The van der Waals surface area contributed by atoms with Gasteiger partial charge in [-0.25, -0.2) is 0 Å². The molecule has 1 atom stereocenters. The zero-order chi connectivity index (χ0) is 11.5. The van der Waals surface area contributed by atoms with Crippen LogP contribution in [0.25, 0.3) is 0 Å². The van der Waals surface area contributed by atoms with Crippen molar-refractivity contribution >= 4 is 11.4 Å². The van der Waals surface area contributed by atoms with Crippen molar-refractivity contribution in [3.8, 4) is 0 Å². The molecule has 0 saturated carbocycles. The standard InChI is InChI=1S/C12H19N3O/c1-9(16)10-2-3-12(11(13)8-10)15-6-4-14-5-7-15/h2-3,8-9,14,16H,4-7,13H2,1H3/t9-/m0/s1. The number of aliphatic hydroxyl groups is 1. The zero-order valence-corrected chi connectivity index (χ0v) is 9.61. The van der Waals surface area contributed by atoms with Gasteiger partial charge in [0.05, 0.1) is 17.5 Å². The predicted molar refractivity (Wildman–Crippen MR) is 66.6 cm³/mol. The van der Waals surface area contributed by atoms with Gasteiger partial charge in [0, 0.05) is 26.2 Å². The van der Waals surface area contributed by atoms with Gasteiger partial charge in [-0.1, -0.05) is 6.07 Å². The van der Waals surface area contributed by atoms with E-state index in [1.54, 1.807) is 6.92 Å². The van der Waals surface area contributed by atoms with E-state index in [-0.39, 0.29) is 0 Å². The van der Waals surface area contributed by atoms with E-state index < -0.39 is 6.10 Å². The first-order valence-corrected chi connectivity index (χ1v) is 5.71. The molecular formula is C12H19N3O. The quantitative estimate of drug-likeness (QED) is 0.644. The lowest BCUT2D eigenvalue weighted by molar-refractivity contribution is 0.199. The first-order valence-electron chi connectivity index (χ1n) is 5.71. The fourth-order valence-electron chi connectivity index (χ4n) is 2.03. The van der Waals surface area contributed by atoms with Crippen molar-refractivity contribution < 1.29 is 5.11 Å². The molecule has 2 rings (SSSR count). The molecule has 0 unspecified atom stereocenters. The topological polar surface area (TPSA) is 61.5 Å². The number of aliphatic hydroxyl groups excluding tert-OH is 1. The van der Waals surface area contributed by atoms with Crippen LogP contribution < -0.4 is 16.0 Å². The van der Waals surface area contributed by atoms with Crippen LogP contribution in [-0.4, -0.2) is 31.3 Å². The summed E-state index contributed by atoms with van der Waals surface area (Å²) in [6.45, 7) is 5.71. The zero-order valence-electron chi connectivity index (χ0n) is 9.61. The van der Waals surface area contributed by atoms with Crippen LogP contribution >= 0.6 is 0 Å². The molecule has 4 nitrogen and oxygen atoms in total. The Morgan fingerprint density at radius 2 is 2.06 bits per heavy atom. The predicted octanol–water partition coefficient (Wildman–Crippen LogP) is 0.732. The van der Waals surface area contributed by atoms with Crippen LogP contribution in [0.1, 0.15) is 18.6 Å². The molecule has 1 aromatic rings. The summed E-state index contributed by atoms with van der Waals surface area (Å²) in [5, 5.41) is 12.8. The molecular weight excluding hydrogens is 202 g/mol. The minimum Gasteiger partial charge on any atom is -0.397 e. The Hall–Kier alpha value is -1.26. The molecule has 16 heavy (non-hydrogen) atoms. The second kappa shape index (κ2) is 4.72. The number of nitrogens with zero attached hydrogens (tertiary/aromatic N) is 1. The number of benzene rings is 1. The molecule has 1 aliphatic heterocycles. The Labute approximate surface area is 96.1 Å². The fourth-order valence-corrected chi connectivity index (χ4v) is 2.03. The Bertz CT molecular complexity index is 359. The van der Waals surface area contributed by atoms with Gasteiger partial charge in [0.2, 0.25) is 0 Å². The molecule has 0 amide bonds. The number of rotatable bonds is 2. The number of anilines is 2. The van der Waals surface area contributed by atoms with Crippen molar-refractivity contribution in [2.45, 2.75) is 13.0 Å². The van der Waals surface area contributed by atoms with Crippen LogP contribution in [-0.2, 0) is 0 Å². The third kappa shape index (κ3) is 2.28. The minimum absolute atomic E-state index is 0.459. The van der Waals surface area contributed by atoms with E-state index in [0.717, 1.165) is 43.1 Å². The lowest BCUT2D eigenvalue weighted by Crippen LogP contribution is -2.43. The first kappa shape index (κ1) is 11.2. The van der Waals surface area contributed by atoms with Crippen LogP contribution in [0.15, 0.2) is 18.2 Å². The smallest absolute Gasteiger partial charge is 0.0762 e. The molecule has 0 spiro atoms. The minimum atomic E-state index is -0.459. The van der Waals surface area contributed by atoms with Gasteiger partial charge in [0.1, 0.15) is 0 Å². The summed E-state index contributed by atoms with van der Waals surface area (Å²) in [6.07, 6.45) is -0.459. The van der Waals surface area contributed by atoms with Crippen LogP contribution in [0, 0.1) is 0 Å². The van der Waals surface area contributed by atoms with E-state index in [1.807, 2.05) is 18.2 Å². The van der Waals surface area contributed by atoms with Gasteiger partial charge in [0.15, 0.2) is 0 Å². The average molecular weight is 221 g/mol. The summed E-state index contributed by atoms with van der Waals surface area (Å²) >= 11 is 0. The number of nitrogens with one attached hydrogen (secondary N) is 1. The molecule has 0 bridgehead atoms. The molecule has 1 saturated heterocycles. The van der Waals surface area contributed by atoms with Gasteiger partial charge >= 0.3 is 0 Å². The number of nitrogen functional groups attached to an aromatic ring is 1. The summed E-state index contributed by atoms with van der Waals surface area (Å²) in [4.78, 5) is 2.28. The first-order chi connectivity index (χ1) is 7.68. The van der Waals surface area contributed by atoms with Crippen LogP contribution in [0.3, 0.4) is 0 Å². The van der Waals surface area contributed by atoms with Gasteiger partial charge in [-0.3, -0.25) is 0 Å². The number of hydrogen-bond acceptors (Lipinski definition) is 4. The van der Waals surface area contributed by atoms with E-state index in [4.69, 9.17) is 5.73 Å².